The molecule has 132 valence electrons. The van der Waals surface area contributed by atoms with Crippen molar-refractivity contribution in [2.24, 2.45) is 0 Å². The number of carbonyl (C=O) groups excluding carboxylic acids is 1. The Labute approximate surface area is 146 Å². The number of hydrogen-bond donors (Lipinski definition) is 3. The second-order valence-corrected chi connectivity index (χ2v) is 5.52. The molecule has 0 bridgehead atoms. The van der Waals surface area contributed by atoms with Crippen molar-refractivity contribution in [1.29, 1.82) is 0 Å². The molecule has 1 aromatic carbocycles. The van der Waals surface area contributed by atoms with Gasteiger partial charge in [-0.15, -0.1) is 0 Å². The average Bonchev–Trinajstić information content (AvgIpc) is 2.65. The third kappa shape index (κ3) is 4.72. The highest BCUT2D eigenvalue weighted by Gasteiger charge is 2.15. The van der Waals surface area contributed by atoms with Crippen molar-refractivity contribution < 1.29 is 14.3 Å². The minimum absolute atomic E-state index is 0.152. The fourth-order valence-electron chi connectivity index (χ4n) is 2.40. The van der Waals surface area contributed by atoms with Crippen LogP contribution in [0.4, 0.5) is 10.7 Å². The summed E-state index contributed by atoms with van der Waals surface area (Å²) in [4.78, 5) is 20.1. The van der Waals surface area contributed by atoms with Crippen LogP contribution in [-0.4, -0.2) is 42.3 Å². The lowest BCUT2D eigenvalue weighted by atomic mass is 10.1. The van der Waals surface area contributed by atoms with Crippen LogP contribution >= 0.6 is 0 Å². The van der Waals surface area contributed by atoms with Gasteiger partial charge in [0.2, 0.25) is 5.95 Å². The number of anilines is 1. The maximum Gasteiger partial charge on any atom is 0.315 e. The number of fused-ring (bicyclic) bond motifs is 1. The Balaban J connectivity index is 1.43. The third-order valence-electron chi connectivity index (χ3n) is 3.67. The number of carbonyl (C=O) groups is 1. The van der Waals surface area contributed by atoms with Gasteiger partial charge in [-0.05, 0) is 30.7 Å². The molecule has 0 fully saturated rings. The number of urea groups is 1. The van der Waals surface area contributed by atoms with Crippen molar-refractivity contribution in [3.05, 3.63) is 42.2 Å². The molecule has 1 atom stereocenters. The summed E-state index contributed by atoms with van der Waals surface area (Å²) >= 11 is 0. The summed E-state index contributed by atoms with van der Waals surface area (Å²) in [5.74, 6) is 1.99. The molecule has 0 aliphatic carbocycles. The van der Waals surface area contributed by atoms with E-state index in [2.05, 4.69) is 25.9 Å². The van der Waals surface area contributed by atoms with Gasteiger partial charge in [0.05, 0.1) is 6.04 Å². The Morgan fingerprint density at radius 3 is 2.72 bits per heavy atom. The fraction of sp³-hybridized carbons (Fsp3) is 0.353. The summed E-state index contributed by atoms with van der Waals surface area (Å²) in [6, 6.07) is 7.04. The number of rotatable bonds is 6. The first-order valence-corrected chi connectivity index (χ1v) is 8.17. The van der Waals surface area contributed by atoms with Crippen LogP contribution in [0.2, 0.25) is 0 Å². The van der Waals surface area contributed by atoms with Crippen molar-refractivity contribution in [3.63, 3.8) is 0 Å². The highest BCUT2D eigenvalue weighted by molar-refractivity contribution is 5.74. The maximum atomic E-state index is 12.0. The highest BCUT2D eigenvalue weighted by atomic mass is 16.6. The van der Waals surface area contributed by atoms with Crippen molar-refractivity contribution in [1.82, 2.24) is 20.6 Å². The van der Waals surface area contributed by atoms with E-state index in [9.17, 15) is 4.79 Å². The largest absolute Gasteiger partial charge is 0.486 e. The smallest absolute Gasteiger partial charge is 0.315 e. The number of aromatic nitrogens is 2. The van der Waals surface area contributed by atoms with Crippen molar-refractivity contribution in [3.8, 4) is 11.5 Å². The van der Waals surface area contributed by atoms with Gasteiger partial charge >= 0.3 is 6.03 Å². The van der Waals surface area contributed by atoms with Crippen molar-refractivity contribution in [2.75, 3.05) is 31.6 Å². The van der Waals surface area contributed by atoms with Gasteiger partial charge in [-0.25, -0.2) is 14.8 Å². The first-order chi connectivity index (χ1) is 12.2. The molecule has 3 rings (SSSR count). The zero-order chi connectivity index (χ0) is 17.5. The van der Waals surface area contributed by atoms with Gasteiger partial charge in [0, 0.05) is 25.5 Å². The van der Waals surface area contributed by atoms with E-state index in [4.69, 9.17) is 9.47 Å². The minimum atomic E-state index is -0.238. The van der Waals surface area contributed by atoms with Crippen LogP contribution in [0.25, 0.3) is 0 Å². The molecule has 8 heteroatoms. The molecule has 8 nitrogen and oxygen atoms in total. The molecule has 1 aliphatic heterocycles. The summed E-state index contributed by atoms with van der Waals surface area (Å²) in [7, 11) is 0. The average molecular weight is 343 g/mol. The first-order valence-electron chi connectivity index (χ1n) is 8.17. The van der Waals surface area contributed by atoms with Crippen molar-refractivity contribution >= 4 is 12.0 Å². The summed E-state index contributed by atoms with van der Waals surface area (Å²) in [5, 5.41) is 8.71. The van der Waals surface area contributed by atoms with E-state index in [-0.39, 0.29) is 12.1 Å². The Bertz CT molecular complexity index is 711. The molecule has 0 spiro atoms. The highest BCUT2D eigenvalue weighted by Crippen LogP contribution is 2.32. The molecule has 2 aromatic rings. The monoisotopic (exact) mass is 343 g/mol. The Kier molecular flexibility index (Phi) is 5.50. The number of hydrogen-bond acceptors (Lipinski definition) is 6. The lowest BCUT2D eigenvalue weighted by molar-refractivity contribution is 0.171. The summed E-state index contributed by atoms with van der Waals surface area (Å²) in [5.41, 5.74) is 0.954. The number of benzene rings is 1. The molecule has 2 heterocycles. The second kappa shape index (κ2) is 8.18. The Morgan fingerprint density at radius 2 is 1.92 bits per heavy atom. The van der Waals surface area contributed by atoms with Crippen LogP contribution in [0.1, 0.15) is 18.5 Å². The number of amides is 2. The molecular formula is C17H21N5O3. The van der Waals surface area contributed by atoms with E-state index in [1.54, 1.807) is 18.5 Å². The second-order valence-electron chi connectivity index (χ2n) is 5.52. The molecule has 0 radical (unpaired) electrons. The quantitative estimate of drug-likeness (QED) is 0.691. The third-order valence-corrected chi connectivity index (χ3v) is 3.67. The summed E-state index contributed by atoms with van der Waals surface area (Å²) < 4.78 is 11.1. The van der Waals surface area contributed by atoms with Gasteiger partial charge in [-0.2, -0.15) is 0 Å². The zero-order valence-electron chi connectivity index (χ0n) is 14.0. The predicted octanol–water partition coefficient (Wildman–Crippen LogP) is 1.72. The van der Waals surface area contributed by atoms with Gasteiger partial charge in [0.15, 0.2) is 11.5 Å². The van der Waals surface area contributed by atoms with Gasteiger partial charge in [-0.1, -0.05) is 6.07 Å². The van der Waals surface area contributed by atoms with Gasteiger partial charge in [0.1, 0.15) is 13.2 Å². The van der Waals surface area contributed by atoms with E-state index in [1.165, 1.54) is 0 Å². The molecule has 2 amide bonds. The van der Waals surface area contributed by atoms with Gasteiger partial charge in [-0.3, -0.25) is 0 Å². The van der Waals surface area contributed by atoms with E-state index in [1.807, 2.05) is 25.1 Å². The molecule has 0 saturated heterocycles. The van der Waals surface area contributed by atoms with Crippen LogP contribution in [-0.2, 0) is 0 Å². The standard InChI is InChI=1S/C17H21N5O3/c1-12(13-3-4-14-15(11-13)25-10-9-24-14)22-17(23)21-8-7-20-16-18-5-2-6-19-16/h2-6,11-12H,7-10H2,1H3,(H,18,19,20)(H2,21,22,23)/t12-/m0/s1. The molecule has 0 saturated carbocycles. The van der Waals surface area contributed by atoms with Crippen LogP contribution in [0.3, 0.4) is 0 Å². The van der Waals surface area contributed by atoms with E-state index < -0.39 is 0 Å². The van der Waals surface area contributed by atoms with Gasteiger partial charge in [0.25, 0.3) is 0 Å². The lowest BCUT2D eigenvalue weighted by Crippen LogP contribution is -2.39. The number of ether oxygens (including phenoxy) is 2. The Morgan fingerprint density at radius 1 is 1.16 bits per heavy atom. The normalized spacial score (nSPS) is 13.6. The van der Waals surface area contributed by atoms with E-state index >= 15 is 0 Å². The molecule has 3 N–H and O–H groups in total. The molecule has 1 aliphatic rings. The van der Waals surface area contributed by atoms with Crippen LogP contribution in [0, 0.1) is 0 Å². The van der Waals surface area contributed by atoms with E-state index in [0.29, 0.717) is 38.0 Å². The predicted molar refractivity (Wildman–Crippen MR) is 92.9 cm³/mol. The number of nitrogens with zero attached hydrogens (tertiary/aromatic N) is 2. The molecule has 0 unspecified atom stereocenters. The van der Waals surface area contributed by atoms with Crippen LogP contribution in [0.5, 0.6) is 11.5 Å². The summed E-state index contributed by atoms with van der Waals surface area (Å²) in [6.07, 6.45) is 3.31. The maximum absolute atomic E-state index is 12.0. The molecule has 25 heavy (non-hydrogen) atoms. The van der Waals surface area contributed by atoms with Gasteiger partial charge < -0.3 is 25.4 Å². The minimum Gasteiger partial charge on any atom is -0.486 e. The van der Waals surface area contributed by atoms with Crippen molar-refractivity contribution in [2.45, 2.75) is 13.0 Å². The van der Waals surface area contributed by atoms with Crippen LogP contribution < -0.4 is 25.4 Å². The fourth-order valence-corrected chi connectivity index (χ4v) is 2.40. The zero-order valence-corrected chi connectivity index (χ0v) is 14.0. The lowest BCUT2D eigenvalue weighted by Gasteiger charge is -2.21. The molecular weight excluding hydrogens is 322 g/mol. The molecule has 1 aromatic heterocycles. The topological polar surface area (TPSA) is 97.4 Å². The number of nitrogens with one attached hydrogen (secondary N) is 3. The summed E-state index contributed by atoms with van der Waals surface area (Å²) in [6.45, 7) is 4.01. The van der Waals surface area contributed by atoms with Crippen LogP contribution in [0.15, 0.2) is 36.7 Å². The first kappa shape index (κ1) is 16.8. The Hall–Kier alpha value is -3.03. The van der Waals surface area contributed by atoms with E-state index in [0.717, 1.165) is 11.3 Å². The SMILES string of the molecule is C[C@H](NC(=O)NCCNc1ncccn1)c1ccc2c(c1)OCCO2.